The van der Waals surface area contributed by atoms with E-state index >= 15 is 0 Å². The second-order valence-electron chi connectivity index (χ2n) is 2.03. The van der Waals surface area contributed by atoms with E-state index in [4.69, 9.17) is 16.6 Å². The van der Waals surface area contributed by atoms with E-state index < -0.39 is 11.8 Å². The summed E-state index contributed by atoms with van der Waals surface area (Å²) < 4.78 is 0. The molecule has 2 amide bonds. The van der Waals surface area contributed by atoms with Gasteiger partial charge in [0.2, 0.25) is 11.8 Å². The van der Waals surface area contributed by atoms with Crippen molar-refractivity contribution in [3.05, 3.63) is 24.0 Å². The second-order valence-corrected chi connectivity index (χ2v) is 2.03. The molecule has 5 heteroatoms. The van der Waals surface area contributed by atoms with E-state index in [0.29, 0.717) is 0 Å². The summed E-state index contributed by atoms with van der Waals surface area (Å²) in [5.41, 5.74) is 9.75. The molecule has 0 radical (unpaired) electrons. The second kappa shape index (κ2) is 4.95. The third-order valence-corrected chi connectivity index (χ3v) is 1.08. The van der Waals surface area contributed by atoms with Crippen molar-refractivity contribution in [1.29, 1.82) is 0 Å². The van der Waals surface area contributed by atoms with Gasteiger partial charge in [0.15, 0.2) is 0 Å². The molecule has 0 aliphatic rings. The van der Waals surface area contributed by atoms with E-state index in [0.717, 1.165) is 12.3 Å². The Morgan fingerprint density at radius 3 is 2.25 bits per heavy atom. The molecule has 5 N–H and O–H groups in total. The van der Waals surface area contributed by atoms with Gasteiger partial charge in [-0.3, -0.25) is 9.59 Å². The van der Waals surface area contributed by atoms with Gasteiger partial charge in [-0.15, -0.1) is 0 Å². The first-order chi connectivity index (χ1) is 5.57. The standard InChI is InChI=1S/C7H10N2O3/c8-6(11)4-5(7(9)12)2-1-3-10/h1,3-4,10H,2H2,(H2,8,11)(H2,9,12). The smallest absolute Gasteiger partial charge is 0.245 e. The first kappa shape index (κ1) is 10.2. The summed E-state index contributed by atoms with van der Waals surface area (Å²) in [5.74, 6) is -1.47. The van der Waals surface area contributed by atoms with E-state index in [1.807, 2.05) is 0 Å². The number of rotatable bonds is 4. The normalized spacial score (nSPS) is 11.8. The van der Waals surface area contributed by atoms with Gasteiger partial charge in [0.25, 0.3) is 0 Å². The lowest BCUT2D eigenvalue weighted by Crippen LogP contribution is -2.17. The molecule has 0 bridgehead atoms. The molecule has 0 saturated carbocycles. The van der Waals surface area contributed by atoms with Crippen LogP contribution in [0.25, 0.3) is 0 Å². The summed E-state index contributed by atoms with van der Waals surface area (Å²) in [6.07, 6.45) is 3.06. The summed E-state index contributed by atoms with van der Waals surface area (Å²) in [5, 5.41) is 8.25. The summed E-state index contributed by atoms with van der Waals surface area (Å²) in [6, 6.07) is 0. The van der Waals surface area contributed by atoms with Gasteiger partial charge in [-0.1, -0.05) is 0 Å². The van der Waals surface area contributed by atoms with Crippen molar-refractivity contribution < 1.29 is 14.7 Å². The molecule has 0 heterocycles. The average molecular weight is 170 g/mol. The van der Waals surface area contributed by atoms with Crippen molar-refractivity contribution in [2.24, 2.45) is 11.5 Å². The number of aliphatic hydroxyl groups excluding tert-OH is 1. The molecule has 0 atom stereocenters. The van der Waals surface area contributed by atoms with Crippen LogP contribution in [0.3, 0.4) is 0 Å². The number of hydrogen-bond acceptors (Lipinski definition) is 3. The number of carbonyl (C=O) groups excluding carboxylic acids is 2. The molecule has 0 aliphatic carbocycles. The Kier molecular flexibility index (Phi) is 4.21. The van der Waals surface area contributed by atoms with Crippen LogP contribution in [0.4, 0.5) is 0 Å². The van der Waals surface area contributed by atoms with Gasteiger partial charge in [0, 0.05) is 11.6 Å². The molecule has 0 spiro atoms. The fraction of sp³-hybridized carbons (Fsp3) is 0.143. The molecule has 0 aromatic carbocycles. The highest BCUT2D eigenvalue weighted by molar-refractivity contribution is 5.99. The maximum Gasteiger partial charge on any atom is 0.245 e. The Morgan fingerprint density at radius 1 is 1.33 bits per heavy atom. The van der Waals surface area contributed by atoms with Crippen molar-refractivity contribution in [3.63, 3.8) is 0 Å². The lowest BCUT2D eigenvalue weighted by Gasteiger charge is -1.95. The molecule has 66 valence electrons. The fourth-order valence-corrected chi connectivity index (χ4v) is 0.582. The minimum Gasteiger partial charge on any atom is -0.516 e. The van der Waals surface area contributed by atoms with Gasteiger partial charge in [-0.05, 0) is 12.5 Å². The molecule has 12 heavy (non-hydrogen) atoms. The third kappa shape index (κ3) is 4.10. The molecule has 0 fully saturated rings. The van der Waals surface area contributed by atoms with E-state index in [1.54, 1.807) is 0 Å². The van der Waals surface area contributed by atoms with Crippen molar-refractivity contribution in [2.45, 2.75) is 6.42 Å². The monoisotopic (exact) mass is 170 g/mol. The zero-order valence-corrected chi connectivity index (χ0v) is 6.36. The topological polar surface area (TPSA) is 106 Å². The summed E-state index contributed by atoms with van der Waals surface area (Å²) in [7, 11) is 0. The van der Waals surface area contributed by atoms with Gasteiger partial charge >= 0.3 is 0 Å². The van der Waals surface area contributed by atoms with Crippen LogP contribution in [0, 0.1) is 0 Å². The van der Waals surface area contributed by atoms with Crippen LogP contribution in [0.5, 0.6) is 0 Å². The van der Waals surface area contributed by atoms with Gasteiger partial charge in [0.1, 0.15) is 0 Å². The molecule has 0 unspecified atom stereocenters. The molecule has 0 aromatic heterocycles. The maximum atomic E-state index is 10.6. The number of aliphatic hydroxyl groups is 1. The predicted molar refractivity (Wildman–Crippen MR) is 42.9 cm³/mol. The summed E-state index contributed by atoms with van der Waals surface area (Å²) in [6.45, 7) is 0. The fourth-order valence-electron chi connectivity index (χ4n) is 0.582. The van der Waals surface area contributed by atoms with E-state index in [1.165, 1.54) is 6.08 Å². The van der Waals surface area contributed by atoms with Gasteiger partial charge in [-0.25, -0.2) is 0 Å². The number of nitrogens with two attached hydrogens (primary N) is 2. The van der Waals surface area contributed by atoms with Crippen LogP contribution in [0.1, 0.15) is 6.42 Å². The molecule has 0 rings (SSSR count). The van der Waals surface area contributed by atoms with Crippen molar-refractivity contribution in [1.82, 2.24) is 0 Å². The first-order valence-corrected chi connectivity index (χ1v) is 3.17. The molecule has 5 nitrogen and oxygen atoms in total. The molecule has 0 aliphatic heterocycles. The van der Waals surface area contributed by atoms with Crippen LogP contribution in [0.15, 0.2) is 24.0 Å². The Balaban J connectivity index is 4.44. The van der Waals surface area contributed by atoms with Crippen LogP contribution in [-0.2, 0) is 9.59 Å². The van der Waals surface area contributed by atoms with E-state index in [2.05, 4.69) is 0 Å². The van der Waals surface area contributed by atoms with Crippen LogP contribution in [-0.4, -0.2) is 16.9 Å². The number of amides is 2. The van der Waals surface area contributed by atoms with Crippen molar-refractivity contribution in [2.75, 3.05) is 0 Å². The number of allylic oxidation sites excluding steroid dienone is 1. The van der Waals surface area contributed by atoms with Crippen molar-refractivity contribution in [3.8, 4) is 0 Å². The largest absolute Gasteiger partial charge is 0.516 e. The van der Waals surface area contributed by atoms with Crippen LogP contribution < -0.4 is 11.5 Å². The minimum absolute atomic E-state index is 0.0628. The quantitative estimate of drug-likeness (QED) is 0.385. The summed E-state index contributed by atoms with van der Waals surface area (Å²) >= 11 is 0. The van der Waals surface area contributed by atoms with Crippen LogP contribution in [0.2, 0.25) is 0 Å². The SMILES string of the molecule is NC(=O)C=C(CC=CO)C(N)=O. The van der Waals surface area contributed by atoms with Gasteiger partial charge in [0.05, 0.1) is 6.26 Å². The Morgan fingerprint density at radius 2 is 1.92 bits per heavy atom. The Bertz CT molecular complexity index is 243. The molecule has 0 aromatic rings. The summed E-state index contributed by atoms with van der Waals surface area (Å²) in [4.78, 5) is 20.9. The highest BCUT2D eigenvalue weighted by atomic mass is 16.2. The van der Waals surface area contributed by atoms with Crippen molar-refractivity contribution >= 4 is 11.8 Å². The zero-order chi connectivity index (χ0) is 9.56. The minimum atomic E-state index is -0.741. The van der Waals surface area contributed by atoms with Crippen LogP contribution >= 0.6 is 0 Å². The Labute approximate surface area is 69.3 Å². The first-order valence-electron chi connectivity index (χ1n) is 3.17. The number of hydrogen-bond donors (Lipinski definition) is 3. The molecule has 0 saturated heterocycles. The van der Waals surface area contributed by atoms with Gasteiger partial charge < -0.3 is 16.6 Å². The predicted octanol–water partition coefficient (Wildman–Crippen LogP) is -0.655. The Hall–Kier alpha value is -1.78. The molecular formula is C7H10N2O3. The highest BCUT2D eigenvalue weighted by Crippen LogP contribution is 2.00. The lowest BCUT2D eigenvalue weighted by molar-refractivity contribution is -0.116. The number of primary amides is 2. The van der Waals surface area contributed by atoms with E-state index in [9.17, 15) is 9.59 Å². The maximum absolute atomic E-state index is 10.6. The molecular weight excluding hydrogens is 160 g/mol. The highest BCUT2D eigenvalue weighted by Gasteiger charge is 2.03. The third-order valence-electron chi connectivity index (χ3n) is 1.08. The lowest BCUT2D eigenvalue weighted by atomic mass is 10.1. The number of carbonyl (C=O) groups is 2. The van der Waals surface area contributed by atoms with Gasteiger partial charge in [-0.2, -0.15) is 0 Å². The zero-order valence-electron chi connectivity index (χ0n) is 6.36. The average Bonchev–Trinajstić information content (AvgIpc) is 1.96. The van der Waals surface area contributed by atoms with E-state index in [-0.39, 0.29) is 12.0 Å².